The molecule has 15 heteroatoms. The van der Waals surface area contributed by atoms with Gasteiger partial charge in [-0.05, 0) is 0 Å². The number of rotatable bonds is 21. The monoisotopic (exact) mass is 1310 g/mol. The number of hydrogen-bond donors (Lipinski definition) is 0. The van der Waals surface area contributed by atoms with E-state index in [-0.39, 0.29) is 0 Å². The first kappa shape index (κ1) is 70.0. The second kappa shape index (κ2) is 22.0. The van der Waals surface area contributed by atoms with Gasteiger partial charge in [-0.1, -0.05) is 0 Å². The van der Waals surface area contributed by atoms with E-state index in [0.29, 0.717) is 30.1 Å². The molecule has 0 unspecified atom stereocenters. The van der Waals surface area contributed by atoms with Crippen molar-refractivity contribution in [1.29, 1.82) is 0 Å². The van der Waals surface area contributed by atoms with Crippen molar-refractivity contribution in [3.63, 3.8) is 0 Å². The van der Waals surface area contributed by atoms with Crippen LogP contribution in [0, 0.1) is 0 Å². The molecule has 0 atom stereocenters. The summed E-state index contributed by atoms with van der Waals surface area (Å²) in [4.78, 5) is 0. The van der Waals surface area contributed by atoms with Gasteiger partial charge in [0.25, 0.3) is 0 Å². The summed E-state index contributed by atoms with van der Waals surface area (Å²) in [5.41, 5.74) is 12.3. The molecule has 0 bridgehead atoms. The molecule has 0 aliphatic rings. The van der Waals surface area contributed by atoms with Crippen molar-refractivity contribution < 1.29 is 0 Å². The molecule has 1 nitrogen and oxygen atoms in total. The Morgan fingerprint density at radius 2 is 0.500 bits per heavy atom. The van der Waals surface area contributed by atoms with Crippen molar-refractivity contribution in [2.45, 2.75) is 285 Å². The van der Waals surface area contributed by atoms with Gasteiger partial charge in [0.05, 0.1) is 0 Å². The molecule has 0 saturated heterocycles. The Balaban J connectivity index is 4.07. The Labute approximate surface area is 477 Å². The van der Waals surface area contributed by atoms with Crippen LogP contribution in [0.2, 0.25) is 255 Å². The van der Waals surface area contributed by atoms with Gasteiger partial charge in [0.1, 0.15) is 0 Å². The predicted octanol–water partition coefficient (Wildman–Crippen LogP) is 20.6. The molecule has 72 heavy (non-hydrogen) atoms. The van der Waals surface area contributed by atoms with Crippen LogP contribution in [0.1, 0.15) is 59.2 Å². The molecule has 2 rings (SSSR count). The summed E-state index contributed by atoms with van der Waals surface area (Å²) in [6.45, 7) is 108. The van der Waals surface area contributed by atoms with Crippen LogP contribution in [-0.4, -0.2) is 126 Å². The molecule has 416 valence electrons. The molecule has 0 amide bonds. The van der Waals surface area contributed by atoms with Gasteiger partial charge in [-0.2, -0.15) is 0 Å². The molecule has 2 aromatic rings. The van der Waals surface area contributed by atoms with Gasteiger partial charge >= 0.3 is 482 Å². The number of benzene rings is 2. The molecule has 0 aliphatic heterocycles. The Hall–Kier alpha value is 1.88. The standard InChI is InChI=1S/C30H67Si7.C27H59NSi6.Sb/c1-31(2,3)28(32(4,5)6)25-22-26(29(33(7,8)9)34(10,11)12)24-27(23-25)30(35(13,14)15,36(16,17)18)37(19,20)21;1-29(2,3)25(30(4,5)6)21-19-22(26(31(7,8)9)32(10,11)12)24(28)23(20-21)27(33(13,14)15)34(16,17)18;/h23-24,28-29H,1-21H3;19-20,25-27H,1-18H3;. The van der Waals surface area contributed by atoms with E-state index in [1.54, 1.807) is 22.4 Å². The van der Waals surface area contributed by atoms with Crippen molar-refractivity contribution in [2.75, 3.05) is 0 Å². The van der Waals surface area contributed by atoms with Gasteiger partial charge in [-0.3, -0.25) is 0 Å². The molecule has 0 fully saturated rings. The molecule has 2 aromatic carbocycles. The first-order chi connectivity index (χ1) is 31.0. The molecular weight excluding hydrogens is 1190 g/mol. The van der Waals surface area contributed by atoms with Crippen LogP contribution < -0.4 is 3.51 Å². The normalized spacial score (nSPS) is 15.7. The Morgan fingerprint density at radius 1 is 0.292 bits per heavy atom. The summed E-state index contributed by atoms with van der Waals surface area (Å²) >= 11 is -1.35. The molecule has 0 spiro atoms. The fraction of sp³-hybridized carbons (Fsp3) is 0.789. The predicted molar refractivity (Wildman–Crippen MR) is 379 cm³/mol. The zero-order chi connectivity index (χ0) is 57.7. The molecule has 0 aliphatic carbocycles. The molecular formula is C57H126NSbSi13. The minimum absolute atomic E-state index is 0.324. The Morgan fingerprint density at radius 3 is 0.694 bits per heavy atom. The molecule has 0 aromatic heterocycles. The minimum atomic E-state index is -1.81. The zero-order valence-corrected chi connectivity index (χ0v) is 71.6. The SMILES string of the molecule is C[Si](C)(C)C(c1cc(C([Si](C)(C)C)[Si](C)(C)C)c([N]=[Sb][c]2c(C([Si](C)(C)C)[Si](C)(C)C)cc(C([Si](C)(C)C)([Si](C)(C)C)[Si](C)(C)C)cc2C([Si](C)(C)C)[Si](C)(C)C)c(C([Si](C)(C)C)[Si](C)(C)C)c1)[Si](C)(C)C. The second-order valence-corrected chi connectivity index (χ2v) is 113. The summed E-state index contributed by atoms with van der Waals surface area (Å²) in [5.74, 6) is 0. The van der Waals surface area contributed by atoms with E-state index in [2.05, 4.69) is 280 Å². The third kappa shape index (κ3) is 15.7. The summed E-state index contributed by atoms with van der Waals surface area (Å²) in [6, 6.07) is 12.0. The van der Waals surface area contributed by atoms with Crippen LogP contribution in [0.4, 0.5) is 5.69 Å². The number of hydrogen-bond acceptors (Lipinski definition) is 1. The first-order valence-corrected chi connectivity index (χ1v) is 77.5. The quantitative estimate of drug-likeness (QED) is 0.111. The van der Waals surface area contributed by atoms with Gasteiger partial charge in [-0.25, -0.2) is 0 Å². The molecule has 0 saturated carbocycles. The molecule has 0 heterocycles. The summed E-state index contributed by atoms with van der Waals surface area (Å²) in [6.07, 6.45) is 0. The van der Waals surface area contributed by atoms with Gasteiger partial charge in [0.15, 0.2) is 0 Å². The van der Waals surface area contributed by atoms with E-state index in [1.807, 2.05) is 20.2 Å². The van der Waals surface area contributed by atoms with E-state index < -0.39 is 126 Å². The van der Waals surface area contributed by atoms with Crippen LogP contribution in [0.3, 0.4) is 0 Å². The van der Waals surface area contributed by atoms with Crippen molar-refractivity contribution in [1.82, 2.24) is 0 Å². The average molecular weight is 1310 g/mol. The topological polar surface area (TPSA) is 12.4 Å². The van der Waals surface area contributed by atoms with Crippen LogP contribution in [-0.2, 0) is 4.28 Å². The van der Waals surface area contributed by atoms with Gasteiger partial charge in [0, 0.05) is 0 Å². The van der Waals surface area contributed by atoms with Crippen molar-refractivity contribution in [2.24, 2.45) is 3.09 Å². The first-order valence-electron chi connectivity index (χ1n) is 28.8. The van der Waals surface area contributed by atoms with E-state index in [9.17, 15) is 0 Å². The maximum absolute atomic E-state index is 6.80. The van der Waals surface area contributed by atoms with Crippen LogP contribution >= 0.6 is 0 Å². The van der Waals surface area contributed by atoms with Gasteiger partial charge < -0.3 is 0 Å². The van der Waals surface area contributed by atoms with E-state index in [1.165, 1.54) is 0 Å². The van der Waals surface area contributed by atoms with Crippen molar-refractivity contribution >= 4 is 136 Å². The van der Waals surface area contributed by atoms with Crippen molar-refractivity contribution in [3.8, 4) is 0 Å². The number of nitrogens with zero attached hydrogens (tertiary/aromatic N) is 1. The van der Waals surface area contributed by atoms with Gasteiger partial charge in [0.2, 0.25) is 0 Å². The van der Waals surface area contributed by atoms with Crippen LogP contribution in [0.15, 0.2) is 27.4 Å². The van der Waals surface area contributed by atoms with E-state index in [0.717, 1.165) is 0 Å². The fourth-order valence-electron chi connectivity index (χ4n) is 18.9. The molecule has 0 N–H and O–H groups in total. The van der Waals surface area contributed by atoms with E-state index >= 15 is 0 Å². The van der Waals surface area contributed by atoms with Crippen LogP contribution in [0.25, 0.3) is 0 Å². The summed E-state index contributed by atoms with van der Waals surface area (Å²) < 4.78 is 8.98. The van der Waals surface area contributed by atoms with E-state index in [4.69, 9.17) is 3.09 Å². The summed E-state index contributed by atoms with van der Waals surface area (Å²) in [7, 11) is -22.7. The fourth-order valence-corrected chi connectivity index (χ4v) is 117. The Bertz CT molecular complexity index is 2020. The Kier molecular flexibility index (Phi) is 21.4. The third-order valence-electron chi connectivity index (χ3n) is 16.7. The second-order valence-electron chi connectivity index (χ2n) is 37.6. The van der Waals surface area contributed by atoms with Crippen LogP contribution in [0.5, 0.6) is 0 Å². The maximum atomic E-state index is 6.80. The zero-order valence-electron chi connectivity index (χ0n) is 56.1. The van der Waals surface area contributed by atoms with Crippen molar-refractivity contribution in [3.05, 3.63) is 57.6 Å². The third-order valence-corrected chi connectivity index (χ3v) is 87.1. The molecule has 0 radical (unpaired) electrons. The summed E-state index contributed by atoms with van der Waals surface area (Å²) in [5, 5.41) is 3.36. The van der Waals surface area contributed by atoms with Gasteiger partial charge in [-0.15, -0.1) is 0 Å². The average Bonchev–Trinajstić information content (AvgIpc) is 2.96.